The largest absolute Gasteiger partial charge is 0.419 e. The topological polar surface area (TPSA) is 79.0 Å². The molecule has 1 aromatic rings. The van der Waals surface area contributed by atoms with Gasteiger partial charge in [0.2, 0.25) is 5.91 Å². The fraction of sp³-hybridized carbons (Fsp3) is 0.353. The summed E-state index contributed by atoms with van der Waals surface area (Å²) in [6, 6.07) is 2.11. The molecule has 0 saturated carbocycles. The van der Waals surface area contributed by atoms with Crippen LogP contribution < -0.4 is 15.1 Å². The molecule has 2 saturated heterocycles. The Balaban J connectivity index is 1.82. The van der Waals surface area contributed by atoms with Crippen molar-refractivity contribution >= 4 is 29.2 Å². The van der Waals surface area contributed by atoms with Gasteiger partial charge in [0.05, 0.1) is 12.2 Å². The summed E-state index contributed by atoms with van der Waals surface area (Å²) in [6.45, 7) is 1.74. The van der Waals surface area contributed by atoms with E-state index in [1.54, 1.807) is 0 Å². The van der Waals surface area contributed by atoms with Crippen LogP contribution in [0.25, 0.3) is 0 Å². The van der Waals surface area contributed by atoms with E-state index in [1.165, 1.54) is 18.0 Å². The Hall–Kier alpha value is -2.97. The lowest BCUT2D eigenvalue weighted by Crippen LogP contribution is -2.35. The summed E-state index contributed by atoms with van der Waals surface area (Å²) < 4.78 is 34.0. The molecule has 7 nitrogen and oxygen atoms in total. The van der Waals surface area contributed by atoms with E-state index in [0.717, 1.165) is 17.0 Å². The van der Waals surface area contributed by atoms with Gasteiger partial charge in [-0.2, -0.15) is 0 Å². The molecule has 0 unspecified atom stereocenters. The highest BCUT2D eigenvalue weighted by Gasteiger charge is 2.31. The number of carbonyl (C=O) groups excluding carboxylic acids is 3. The predicted octanol–water partition coefficient (Wildman–Crippen LogP) is 2.07. The molecule has 0 aliphatic carbocycles. The number of amides is 2. The molecule has 138 valence electrons. The van der Waals surface area contributed by atoms with Crippen molar-refractivity contribution in [1.29, 1.82) is 0 Å². The zero-order valence-corrected chi connectivity index (χ0v) is 14.1. The van der Waals surface area contributed by atoms with Gasteiger partial charge in [0.15, 0.2) is 11.6 Å². The summed E-state index contributed by atoms with van der Waals surface area (Å²) >= 11 is 0. The van der Waals surface area contributed by atoms with Crippen molar-refractivity contribution in [3.63, 3.8) is 0 Å². The van der Waals surface area contributed by atoms with Crippen LogP contribution in [0, 0.1) is 11.6 Å². The number of cyclic esters (lactones) is 1. The number of Topliss-reactive ketones (excluding diaryl/α,β-unsaturated/α-hetero) is 1. The number of halogens is 2. The smallest absolute Gasteiger partial charge is 0.411 e. The van der Waals surface area contributed by atoms with E-state index in [4.69, 9.17) is 4.74 Å². The number of ether oxygens (including phenoxy) is 1. The van der Waals surface area contributed by atoms with Crippen LogP contribution in [0.2, 0.25) is 0 Å². The lowest BCUT2D eigenvalue weighted by atomic mass is 10.1. The second-order valence-corrected chi connectivity index (χ2v) is 6.05. The van der Waals surface area contributed by atoms with Gasteiger partial charge in [-0.1, -0.05) is 0 Å². The van der Waals surface area contributed by atoms with Crippen LogP contribution in [0.4, 0.5) is 25.0 Å². The van der Waals surface area contributed by atoms with Gasteiger partial charge in [-0.25, -0.2) is 13.6 Å². The molecule has 2 heterocycles. The van der Waals surface area contributed by atoms with Gasteiger partial charge in [-0.05, 0) is 0 Å². The van der Waals surface area contributed by atoms with Crippen LogP contribution in [0.5, 0.6) is 0 Å². The molecular weight excluding hydrogens is 348 g/mol. The van der Waals surface area contributed by atoms with Crippen LogP contribution in [0.15, 0.2) is 24.1 Å². The van der Waals surface area contributed by atoms with Crippen molar-refractivity contribution in [3.8, 4) is 0 Å². The molecule has 3 rings (SSSR count). The molecule has 1 aromatic carbocycles. The molecular formula is C17H17F2N3O4. The summed E-state index contributed by atoms with van der Waals surface area (Å²) in [5.74, 6) is -1.75. The highest BCUT2D eigenvalue weighted by atomic mass is 19.1. The molecule has 0 atom stereocenters. The summed E-state index contributed by atoms with van der Waals surface area (Å²) in [5.41, 5.74) is -0.198. The molecule has 1 N–H and O–H groups in total. The number of anilines is 2. The zero-order chi connectivity index (χ0) is 18.8. The number of hydrogen-bond acceptors (Lipinski definition) is 5. The maximum Gasteiger partial charge on any atom is 0.419 e. The van der Waals surface area contributed by atoms with Crippen LogP contribution in [0.3, 0.4) is 0 Å². The standard InChI is InChI=1S/C17H17F2N3O4/c1-10(23)20-8-13-9-22(17(25)26-13)11-6-14(18)16(15(19)7-11)21-4-2-12(24)3-5-21/h6-8H,2-5,9H2,1H3,(H,20,23)/b13-8-. The van der Waals surface area contributed by atoms with E-state index in [0.29, 0.717) is 0 Å². The van der Waals surface area contributed by atoms with Gasteiger partial charge < -0.3 is 15.0 Å². The number of carbonyl (C=O) groups is 3. The van der Waals surface area contributed by atoms with Crippen molar-refractivity contribution in [2.45, 2.75) is 19.8 Å². The van der Waals surface area contributed by atoms with Crippen molar-refractivity contribution < 1.29 is 27.9 Å². The second kappa shape index (κ2) is 7.11. The van der Waals surface area contributed by atoms with E-state index in [2.05, 4.69) is 5.32 Å². The van der Waals surface area contributed by atoms with E-state index in [9.17, 15) is 23.2 Å². The van der Waals surface area contributed by atoms with Crippen molar-refractivity contribution in [2.75, 3.05) is 29.4 Å². The normalized spacial score (nSPS) is 19.1. The van der Waals surface area contributed by atoms with Gasteiger partial charge in [0.25, 0.3) is 0 Å². The quantitative estimate of drug-likeness (QED) is 0.887. The maximum atomic E-state index is 14.5. The first-order valence-electron chi connectivity index (χ1n) is 8.06. The van der Waals surface area contributed by atoms with E-state index >= 15 is 0 Å². The minimum atomic E-state index is -0.818. The molecule has 26 heavy (non-hydrogen) atoms. The number of benzene rings is 1. The first kappa shape index (κ1) is 17.8. The third-order valence-corrected chi connectivity index (χ3v) is 4.14. The van der Waals surface area contributed by atoms with E-state index in [1.807, 2.05) is 0 Å². The second-order valence-electron chi connectivity index (χ2n) is 6.05. The summed E-state index contributed by atoms with van der Waals surface area (Å²) in [4.78, 5) is 36.7. The van der Waals surface area contributed by atoms with Gasteiger partial charge in [0.1, 0.15) is 17.2 Å². The predicted molar refractivity (Wildman–Crippen MR) is 88.5 cm³/mol. The number of rotatable bonds is 3. The Bertz CT molecular complexity index is 776. The minimum absolute atomic E-state index is 0.00746. The molecule has 2 amide bonds. The Labute approximate surface area is 148 Å². The fourth-order valence-corrected chi connectivity index (χ4v) is 2.86. The molecule has 0 spiro atoms. The number of ketones is 1. The molecule has 0 radical (unpaired) electrons. The Morgan fingerprint density at radius 2 is 1.81 bits per heavy atom. The highest BCUT2D eigenvalue weighted by Crippen LogP contribution is 2.32. The third-order valence-electron chi connectivity index (χ3n) is 4.14. The molecule has 2 aliphatic heterocycles. The molecule has 2 aliphatic rings. The van der Waals surface area contributed by atoms with Gasteiger partial charge >= 0.3 is 6.09 Å². The number of nitrogens with one attached hydrogen (secondary N) is 1. The fourth-order valence-electron chi connectivity index (χ4n) is 2.86. The van der Waals surface area contributed by atoms with E-state index < -0.39 is 17.7 Å². The van der Waals surface area contributed by atoms with Crippen molar-refractivity contribution in [2.24, 2.45) is 0 Å². The van der Waals surface area contributed by atoms with Crippen molar-refractivity contribution in [1.82, 2.24) is 5.32 Å². The van der Waals surface area contributed by atoms with Gasteiger partial charge in [-0.15, -0.1) is 0 Å². The first-order valence-corrected chi connectivity index (χ1v) is 8.06. The summed E-state index contributed by atoms with van der Waals surface area (Å²) in [7, 11) is 0. The third kappa shape index (κ3) is 3.66. The van der Waals surface area contributed by atoms with Crippen LogP contribution in [-0.4, -0.2) is 37.4 Å². The number of nitrogens with zero attached hydrogens (tertiary/aromatic N) is 2. The maximum absolute atomic E-state index is 14.5. The lowest BCUT2D eigenvalue weighted by Gasteiger charge is -2.29. The summed E-state index contributed by atoms with van der Waals surface area (Å²) in [5, 5.41) is 2.37. The van der Waals surface area contributed by atoms with Crippen LogP contribution in [-0.2, 0) is 14.3 Å². The van der Waals surface area contributed by atoms with E-state index in [-0.39, 0.29) is 61.3 Å². The number of hydrogen-bond donors (Lipinski definition) is 1. The molecule has 2 fully saturated rings. The first-order chi connectivity index (χ1) is 12.3. The number of piperidine rings is 1. The SMILES string of the molecule is CC(=O)N/C=C1/CN(c2cc(F)c(N3CCC(=O)CC3)c(F)c2)C(=O)O1. The Morgan fingerprint density at radius 3 is 2.38 bits per heavy atom. The highest BCUT2D eigenvalue weighted by molar-refractivity contribution is 5.91. The zero-order valence-electron chi connectivity index (χ0n) is 14.1. The van der Waals surface area contributed by atoms with Crippen molar-refractivity contribution in [3.05, 3.63) is 35.7 Å². The molecule has 9 heteroatoms. The molecule has 0 bridgehead atoms. The molecule has 0 aromatic heterocycles. The average Bonchev–Trinajstić information content (AvgIpc) is 2.95. The average molecular weight is 365 g/mol. The lowest BCUT2D eigenvalue weighted by molar-refractivity contribution is -0.119. The Morgan fingerprint density at radius 1 is 1.19 bits per heavy atom. The van der Waals surface area contributed by atoms with Gasteiger partial charge in [0, 0.05) is 51.2 Å². The van der Waals surface area contributed by atoms with Gasteiger partial charge in [-0.3, -0.25) is 14.5 Å². The Kier molecular flexibility index (Phi) is 4.88. The van der Waals surface area contributed by atoms with Crippen LogP contribution >= 0.6 is 0 Å². The monoisotopic (exact) mass is 365 g/mol. The van der Waals surface area contributed by atoms with Crippen LogP contribution in [0.1, 0.15) is 19.8 Å². The minimum Gasteiger partial charge on any atom is -0.411 e. The summed E-state index contributed by atoms with van der Waals surface area (Å²) in [6.07, 6.45) is 0.926.